The van der Waals surface area contributed by atoms with Gasteiger partial charge in [0, 0.05) is 22.6 Å². The van der Waals surface area contributed by atoms with Gasteiger partial charge in [-0.3, -0.25) is 4.79 Å². The number of nitrogens with one attached hydrogen (secondary N) is 1. The number of rotatable bonds is 2. The molecule has 21 heavy (non-hydrogen) atoms. The minimum atomic E-state index is -0.432. The molecule has 3 rings (SSSR count). The molecule has 0 spiro atoms. The Kier molecular flexibility index (Phi) is 3.80. The average Bonchev–Trinajstić information content (AvgIpc) is 2.48. The zero-order valence-corrected chi connectivity index (χ0v) is 11.9. The molecule has 1 unspecified atom stereocenters. The van der Waals surface area contributed by atoms with Crippen molar-refractivity contribution in [3.05, 3.63) is 64.4 Å². The van der Waals surface area contributed by atoms with Crippen molar-refractivity contribution in [3.8, 4) is 5.75 Å². The lowest BCUT2D eigenvalue weighted by Crippen LogP contribution is -2.32. The highest BCUT2D eigenvalue weighted by Crippen LogP contribution is 2.34. The predicted molar refractivity (Wildman–Crippen MR) is 78.2 cm³/mol. The molecule has 0 fully saturated rings. The molecular weight excluding hydrogens is 293 g/mol. The third kappa shape index (κ3) is 3.00. The fourth-order valence-corrected chi connectivity index (χ4v) is 2.57. The van der Waals surface area contributed by atoms with Gasteiger partial charge < -0.3 is 10.1 Å². The van der Waals surface area contributed by atoms with Crippen LogP contribution in [-0.4, -0.2) is 12.5 Å². The van der Waals surface area contributed by atoms with E-state index in [-0.39, 0.29) is 11.9 Å². The van der Waals surface area contributed by atoms with Gasteiger partial charge in [-0.2, -0.15) is 0 Å². The summed E-state index contributed by atoms with van der Waals surface area (Å²) in [4.78, 5) is 12.2. The monoisotopic (exact) mass is 305 g/mol. The van der Waals surface area contributed by atoms with Crippen LogP contribution in [0.2, 0.25) is 5.02 Å². The molecule has 0 saturated heterocycles. The molecule has 1 heterocycles. The molecule has 5 heteroatoms. The smallest absolute Gasteiger partial charge is 0.251 e. The van der Waals surface area contributed by atoms with Gasteiger partial charge in [0.1, 0.15) is 11.6 Å². The molecule has 108 valence electrons. The van der Waals surface area contributed by atoms with Crippen molar-refractivity contribution in [3.63, 3.8) is 0 Å². The fourth-order valence-electron chi connectivity index (χ4n) is 2.39. The average molecular weight is 306 g/mol. The minimum Gasteiger partial charge on any atom is -0.493 e. The lowest BCUT2D eigenvalue weighted by Gasteiger charge is -2.27. The predicted octanol–water partition coefficient (Wildman–Crippen LogP) is 3.73. The van der Waals surface area contributed by atoms with Crippen LogP contribution in [0, 0.1) is 5.82 Å². The van der Waals surface area contributed by atoms with Crippen LogP contribution >= 0.6 is 11.6 Å². The molecule has 1 aliphatic heterocycles. The summed E-state index contributed by atoms with van der Waals surface area (Å²) >= 11 is 6.00. The Morgan fingerprint density at radius 1 is 1.29 bits per heavy atom. The maximum atomic E-state index is 13.2. The maximum absolute atomic E-state index is 13.2. The van der Waals surface area contributed by atoms with Crippen LogP contribution < -0.4 is 10.1 Å². The third-order valence-corrected chi connectivity index (χ3v) is 3.64. The third-order valence-electron chi connectivity index (χ3n) is 3.40. The second kappa shape index (κ2) is 5.74. The highest BCUT2D eigenvalue weighted by Gasteiger charge is 2.23. The summed E-state index contributed by atoms with van der Waals surface area (Å²) in [6, 6.07) is 10.7. The van der Waals surface area contributed by atoms with E-state index in [0.29, 0.717) is 23.6 Å². The number of fused-ring (bicyclic) bond motifs is 1. The van der Waals surface area contributed by atoms with Gasteiger partial charge in [-0.25, -0.2) is 4.39 Å². The van der Waals surface area contributed by atoms with Gasteiger partial charge in [0.2, 0.25) is 0 Å². The Bertz CT molecular complexity index is 690. The Morgan fingerprint density at radius 3 is 2.95 bits per heavy atom. The van der Waals surface area contributed by atoms with Gasteiger partial charge in [0.05, 0.1) is 12.6 Å². The second-order valence-corrected chi connectivity index (χ2v) is 5.29. The number of halogens is 2. The van der Waals surface area contributed by atoms with Crippen LogP contribution in [0.5, 0.6) is 5.75 Å². The standard InChI is InChI=1S/C16H13ClFNO2/c17-11-4-5-15-13(9-11)14(6-7-21-15)19-16(20)10-2-1-3-12(18)8-10/h1-5,8-9,14H,6-7H2,(H,19,20). The molecule has 0 radical (unpaired) electrons. The van der Waals surface area contributed by atoms with Crippen LogP contribution in [0.1, 0.15) is 28.4 Å². The van der Waals surface area contributed by atoms with E-state index >= 15 is 0 Å². The van der Waals surface area contributed by atoms with E-state index in [4.69, 9.17) is 16.3 Å². The van der Waals surface area contributed by atoms with Crippen LogP contribution in [0.25, 0.3) is 0 Å². The normalized spacial score (nSPS) is 16.8. The quantitative estimate of drug-likeness (QED) is 0.918. The zero-order chi connectivity index (χ0) is 14.8. The number of hydrogen-bond donors (Lipinski definition) is 1. The molecule has 0 aromatic heterocycles. The molecule has 1 amide bonds. The van der Waals surface area contributed by atoms with Crippen molar-refractivity contribution in [2.24, 2.45) is 0 Å². The first-order valence-corrected chi connectivity index (χ1v) is 7.00. The SMILES string of the molecule is O=C(NC1CCOc2ccc(Cl)cc21)c1cccc(F)c1. The first-order valence-electron chi connectivity index (χ1n) is 6.62. The summed E-state index contributed by atoms with van der Waals surface area (Å²) in [5.74, 6) is -0.0272. The number of carbonyl (C=O) groups excluding carboxylic acids is 1. The minimum absolute atomic E-state index is 0.191. The molecule has 1 N–H and O–H groups in total. The van der Waals surface area contributed by atoms with E-state index in [1.165, 1.54) is 18.2 Å². The summed E-state index contributed by atoms with van der Waals surface area (Å²) in [7, 11) is 0. The van der Waals surface area contributed by atoms with E-state index in [1.807, 2.05) is 0 Å². The highest BCUT2D eigenvalue weighted by molar-refractivity contribution is 6.30. The number of benzene rings is 2. The van der Waals surface area contributed by atoms with Gasteiger partial charge in [-0.1, -0.05) is 17.7 Å². The largest absolute Gasteiger partial charge is 0.493 e. The molecule has 2 aromatic carbocycles. The molecule has 0 aliphatic carbocycles. The van der Waals surface area contributed by atoms with Crippen LogP contribution in [0.15, 0.2) is 42.5 Å². The summed E-state index contributed by atoms with van der Waals surface area (Å²) < 4.78 is 18.7. The fraction of sp³-hybridized carbons (Fsp3) is 0.188. The van der Waals surface area contributed by atoms with Gasteiger partial charge >= 0.3 is 0 Å². The maximum Gasteiger partial charge on any atom is 0.251 e. The number of carbonyl (C=O) groups is 1. The van der Waals surface area contributed by atoms with E-state index < -0.39 is 5.82 Å². The molecule has 1 atom stereocenters. The van der Waals surface area contributed by atoms with E-state index in [9.17, 15) is 9.18 Å². The van der Waals surface area contributed by atoms with E-state index in [1.54, 1.807) is 24.3 Å². The molecule has 1 aliphatic rings. The van der Waals surface area contributed by atoms with Crippen molar-refractivity contribution in [2.75, 3.05) is 6.61 Å². The number of hydrogen-bond acceptors (Lipinski definition) is 2. The van der Waals surface area contributed by atoms with Crippen LogP contribution in [0.3, 0.4) is 0 Å². The summed E-state index contributed by atoms with van der Waals surface area (Å²) in [6.45, 7) is 0.517. The zero-order valence-electron chi connectivity index (χ0n) is 11.1. The lowest BCUT2D eigenvalue weighted by atomic mass is 10.00. The van der Waals surface area contributed by atoms with E-state index in [2.05, 4.69) is 5.32 Å². The van der Waals surface area contributed by atoms with Crippen molar-refractivity contribution in [1.29, 1.82) is 0 Å². The molecule has 2 aromatic rings. The van der Waals surface area contributed by atoms with Gasteiger partial charge in [0.25, 0.3) is 5.91 Å². The van der Waals surface area contributed by atoms with Crippen LogP contribution in [-0.2, 0) is 0 Å². The first kappa shape index (κ1) is 13.9. The first-order chi connectivity index (χ1) is 10.1. The van der Waals surface area contributed by atoms with Crippen molar-refractivity contribution in [2.45, 2.75) is 12.5 Å². The Hall–Kier alpha value is -2.07. The summed E-state index contributed by atoms with van der Waals surface area (Å²) in [5, 5.41) is 3.49. The molecular formula is C16H13ClFNO2. The van der Waals surface area contributed by atoms with Crippen molar-refractivity contribution >= 4 is 17.5 Å². The molecule has 0 saturated carbocycles. The summed E-state index contributed by atoms with van der Waals surface area (Å²) in [6.07, 6.45) is 0.647. The molecule has 0 bridgehead atoms. The number of amides is 1. The Balaban J connectivity index is 1.83. The Morgan fingerprint density at radius 2 is 2.14 bits per heavy atom. The van der Waals surface area contributed by atoms with E-state index in [0.717, 1.165) is 11.3 Å². The highest BCUT2D eigenvalue weighted by atomic mass is 35.5. The van der Waals surface area contributed by atoms with Crippen LogP contribution in [0.4, 0.5) is 4.39 Å². The van der Waals surface area contributed by atoms with Crippen molar-refractivity contribution in [1.82, 2.24) is 5.32 Å². The van der Waals surface area contributed by atoms with Crippen molar-refractivity contribution < 1.29 is 13.9 Å². The molecule has 3 nitrogen and oxygen atoms in total. The van der Waals surface area contributed by atoms with Gasteiger partial charge in [-0.05, 0) is 36.4 Å². The topological polar surface area (TPSA) is 38.3 Å². The Labute approximate surface area is 126 Å². The number of ether oxygens (including phenoxy) is 1. The lowest BCUT2D eigenvalue weighted by molar-refractivity contribution is 0.0924. The van der Waals surface area contributed by atoms with Gasteiger partial charge in [-0.15, -0.1) is 0 Å². The summed E-state index contributed by atoms with van der Waals surface area (Å²) in [5.41, 5.74) is 1.14. The second-order valence-electron chi connectivity index (χ2n) is 4.86. The van der Waals surface area contributed by atoms with Gasteiger partial charge in [0.15, 0.2) is 0 Å².